The van der Waals surface area contributed by atoms with Crippen LogP contribution in [0.2, 0.25) is 0 Å². The van der Waals surface area contributed by atoms with E-state index in [9.17, 15) is 9.59 Å². The zero-order valence-corrected chi connectivity index (χ0v) is 27.5. The molecule has 3 unspecified atom stereocenters. The third-order valence-corrected chi connectivity index (χ3v) is 8.94. The van der Waals surface area contributed by atoms with Crippen molar-refractivity contribution in [3.05, 3.63) is 0 Å². The number of rotatable bonds is 31. The molecule has 3 atom stereocenters. The van der Waals surface area contributed by atoms with Crippen molar-refractivity contribution in [3.8, 4) is 0 Å². The molecule has 4 nitrogen and oxygen atoms in total. The van der Waals surface area contributed by atoms with Crippen LogP contribution in [0.4, 0.5) is 0 Å². The van der Waals surface area contributed by atoms with E-state index in [1.807, 2.05) is 0 Å². The Bertz CT molecular complexity index is 561. The normalized spacial score (nSPS) is 13.7. The molecule has 0 saturated carbocycles. The van der Waals surface area contributed by atoms with E-state index in [1.165, 1.54) is 122 Å². The summed E-state index contributed by atoms with van der Waals surface area (Å²) in [5.74, 6) is 0.692. The van der Waals surface area contributed by atoms with Crippen LogP contribution in [-0.2, 0) is 14.3 Å². The molecule has 4 heteroatoms. The summed E-state index contributed by atoms with van der Waals surface area (Å²) in [4.78, 5) is 23.6. The molecule has 0 radical (unpaired) electrons. The molecule has 1 N–H and O–H groups in total. The second-order valence-electron chi connectivity index (χ2n) is 12.6. The van der Waals surface area contributed by atoms with Gasteiger partial charge < -0.3 is 9.84 Å². The summed E-state index contributed by atoms with van der Waals surface area (Å²) < 4.78 is 5.93. The monoisotopic (exact) mass is 567 g/mol. The quantitative estimate of drug-likeness (QED) is 0.0669. The molecule has 0 saturated heterocycles. The molecule has 0 aromatic heterocycles. The molecule has 0 fully saturated rings. The van der Waals surface area contributed by atoms with Crippen molar-refractivity contribution in [2.75, 3.05) is 6.61 Å². The standard InChI is InChI=1S/C36H70O4/c1-5-9-26-32(7-3)30-34(36(39)40-31-33(8-4)27-10-6-2)28-24-22-20-18-16-14-12-11-13-15-17-19-21-23-25-29-35(37)38/h32-34H,5-31H2,1-4H3,(H,37,38). The third kappa shape index (κ3) is 24.7. The summed E-state index contributed by atoms with van der Waals surface area (Å²) in [6.07, 6.45) is 30.8. The van der Waals surface area contributed by atoms with Gasteiger partial charge >= 0.3 is 11.9 Å². The van der Waals surface area contributed by atoms with Gasteiger partial charge in [-0.3, -0.25) is 9.59 Å². The number of unbranched alkanes of at least 4 members (excludes halogenated alkanes) is 16. The second kappa shape index (κ2) is 29.4. The minimum Gasteiger partial charge on any atom is -0.481 e. The predicted octanol–water partition coefficient (Wildman–Crippen LogP) is 11.7. The van der Waals surface area contributed by atoms with E-state index in [2.05, 4.69) is 27.7 Å². The summed E-state index contributed by atoms with van der Waals surface area (Å²) >= 11 is 0. The number of hydrogen-bond donors (Lipinski definition) is 1. The first-order valence-corrected chi connectivity index (χ1v) is 17.9. The Morgan fingerprint density at radius 2 is 0.975 bits per heavy atom. The Hall–Kier alpha value is -1.06. The first kappa shape index (κ1) is 38.9. The van der Waals surface area contributed by atoms with Crippen molar-refractivity contribution in [2.45, 2.75) is 195 Å². The molecule has 40 heavy (non-hydrogen) atoms. The van der Waals surface area contributed by atoms with Crippen LogP contribution in [0.15, 0.2) is 0 Å². The number of ether oxygens (including phenoxy) is 1. The van der Waals surface area contributed by atoms with Crippen LogP contribution in [0.5, 0.6) is 0 Å². The number of hydrogen-bond acceptors (Lipinski definition) is 3. The van der Waals surface area contributed by atoms with Gasteiger partial charge in [0.05, 0.1) is 12.5 Å². The maximum absolute atomic E-state index is 13.1. The lowest BCUT2D eigenvalue weighted by molar-refractivity contribution is -0.151. The minimum absolute atomic E-state index is 0.0862. The Morgan fingerprint density at radius 3 is 1.40 bits per heavy atom. The molecule has 0 aliphatic heterocycles. The molecule has 0 spiro atoms. The predicted molar refractivity (Wildman–Crippen MR) is 172 cm³/mol. The lowest BCUT2D eigenvalue weighted by atomic mass is 9.86. The lowest BCUT2D eigenvalue weighted by Crippen LogP contribution is -2.23. The van der Waals surface area contributed by atoms with E-state index >= 15 is 0 Å². The molecule has 0 aromatic carbocycles. The largest absolute Gasteiger partial charge is 0.481 e. The van der Waals surface area contributed by atoms with Crippen molar-refractivity contribution in [2.24, 2.45) is 17.8 Å². The highest BCUT2D eigenvalue weighted by atomic mass is 16.5. The minimum atomic E-state index is -0.664. The summed E-state index contributed by atoms with van der Waals surface area (Å²) in [6, 6.07) is 0. The highest BCUT2D eigenvalue weighted by molar-refractivity contribution is 5.72. The van der Waals surface area contributed by atoms with Gasteiger partial charge in [-0.15, -0.1) is 0 Å². The van der Waals surface area contributed by atoms with E-state index in [0.29, 0.717) is 24.9 Å². The first-order chi connectivity index (χ1) is 19.5. The second-order valence-corrected chi connectivity index (χ2v) is 12.6. The van der Waals surface area contributed by atoms with Gasteiger partial charge in [0.1, 0.15) is 0 Å². The molecule has 238 valence electrons. The van der Waals surface area contributed by atoms with Gasteiger partial charge in [-0.1, -0.05) is 163 Å². The van der Waals surface area contributed by atoms with E-state index in [4.69, 9.17) is 9.84 Å². The van der Waals surface area contributed by atoms with Gasteiger partial charge in [0, 0.05) is 6.42 Å². The first-order valence-electron chi connectivity index (χ1n) is 17.9. The van der Waals surface area contributed by atoms with Gasteiger partial charge in [-0.2, -0.15) is 0 Å². The number of aliphatic carboxylic acids is 1. The van der Waals surface area contributed by atoms with E-state index in [1.54, 1.807) is 0 Å². The number of carbonyl (C=O) groups excluding carboxylic acids is 1. The van der Waals surface area contributed by atoms with Crippen LogP contribution in [0.25, 0.3) is 0 Å². The van der Waals surface area contributed by atoms with Crippen molar-refractivity contribution in [1.82, 2.24) is 0 Å². The Kier molecular flexibility index (Phi) is 28.7. The van der Waals surface area contributed by atoms with E-state index < -0.39 is 5.97 Å². The van der Waals surface area contributed by atoms with Crippen molar-refractivity contribution < 1.29 is 19.4 Å². The van der Waals surface area contributed by atoms with Crippen LogP contribution in [0.1, 0.15) is 195 Å². The SMILES string of the molecule is CCCCC(CC)COC(=O)C(CCCCCCCCCCCCCCCCCC(=O)O)CC(CC)CCCC. The summed E-state index contributed by atoms with van der Waals surface area (Å²) in [7, 11) is 0. The van der Waals surface area contributed by atoms with Crippen molar-refractivity contribution >= 4 is 11.9 Å². The highest BCUT2D eigenvalue weighted by Crippen LogP contribution is 2.27. The van der Waals surface area contributed by atoms with Gasteiger partial charge in [-0.25, -0.2) is 0 Å². The zero-order valence-electron chi connectivity index (χ0n) is 27.5. The topological polar surface area (TPSA) is 63.6 Å². The highest BCUT2D eigenvalue weighted by Gasteiger charge is 2.24. The van der Waals surface area contributed by atoms with Gasteiger partial charge in [0.25, 0.3) is 0 Å². The smallest absolute Gasteiger partial charge is 0.308 e. The summed E-state index contributed by atoms with van der Waals surface area (Å²) in [6.45, 7) is 9.62. The van der Waals surface area contributed by atoms with Crippen LogP contribution in [-0.4, -0.2) is 23.7 Å². The summed E-state index contributed by atoms with van der Waals surface area (Å²) in [5, 5.41) is 8.66. The van der Waals surface area contributed by atoms with Crippen molar-refractivity contribution in [1.29, 1.82) is 0 Å². The summed E-state index contributed by atoms with van der Waals surface area (Å²) in [5.41, 5.74) is 0. The van der Waals surface area contributed by atoms with Crippen LogP contribution < -0.4 is 0 Å². The van der Waals surface area contributed by atoms with Crippen LogP contribution in [0, 0.1) is 17.8 Å². The van der Waals surface area contributed by atoms with Crippen LogP contribution in [0.3, 0.4) is 0 Å². The third-order valence-electron chi connectivity index (χ3n) is 8.94. The molecule has 0 amide bonds. The van der Waals surface area contributed by atoms with E-state index in [0.717, 1.165) is 38.5 Å². The molecule has 0 heterocycles. The number of carbonyl (C=O) groups is 2. The van der Waals surface area contributed by atoms with Gasteiger partial charge in [-0.05, 0) is 37.5 Å². The molecular formula is C36H70O4. The zero-order chi connectivity index (χ0) is 29.7. The Balaban J connectivity index is 4.06. The average Bonchev–Trinajstić information content (AvgIpc) is 2.95. The fourth-order valence-electron chi connectivity index (χ4n) is 5.90. The average molecular weight is 567 g/mol. The number of carboxylic acid groups (broad SMARTS) is 1. The lowest BCUT2D eigenvalue weighted by Gasteiger charge is -2.23. The van der Waals surface area contributed by atoms with Crippen molar-refractivity contribution in [3.63, 3.8) is 0 Å². The number of carboxylic acids is 1. The van der Waals surface area contributed by atoms with E-state index in [-0.39, 0.29) is 11.9 Å². The Morgan fingerprint density at radius 1 is 0.550 bits per heavy atom. The molecule has 0 aliphatic carbocycles. The van der Waals surface area contributed by atoms with Gasteiger partial charge in [0.15, 0.2) is 0 Å². The Labute approximate surface area is 250 Å². The van der Waals surface area contributed by atoms with Crippen LogP contribution >= 0.6 is 0 Å². The molecule has 0 aliphatic rings. The molecular weight excluding hydrogens is 496 g/mol. The van der Waals surface area contributed by atoms with Gasteiger partial charge in [0.2, 0.25) is 0 Å². The maximum Gasteiger partial charge on any atom is 0.308 e. The number of esters is 1. The fraction of sp³-hybridized carbons (Fsp3) is 0.944. The molecule has 0 aromatic rings. The molecule has 0 bridgehead atoms. The maximum atomic E-state index is 13.1. The fourth-order valence-corrected chi connectivity index (χ4v) is 5.90. The molecule has 0 rings (SSSR count).